The third kappa shape index (κ3) is 2.99. The number of methoxy groups -OCH3 is 1. The molecular formula is C18H13ClN4O2. The van der Waals surface area contributed by atoms with Gasteiger partial charge in [0.1, 0.15) is 11.5 Å². The predicted octanol–water partition coefficient (Wildman–Crippen LogP) is 4.25. The second kappa shape index (κ2) is 6.41. The average Bonchev–Trinajstić information content (AvgIpc) is 3.03. The van der Waals surface area contributed by atoms with Crippen LogP contribution in [-0.4, -0.2) is 26.9 Å². The Labute approximate surface area is 148 Å². The predicted molar refractivity (Wildman–Crippen MR) is 94.3 cm³/mol. The van der Waals surface area contributed by atoms with E-state index in [1.807, 2.05) is 48.5 Å². The maximum atomic E-state index is 5.98. The zero-order chi connectivity index (χ0) is 17.2. The van der Waals surface area contributed by atoms with Crippen molar-refractivity contribution in [2.24, 2.45) is 0 Å². The Morgan fingerprint density at radius 1 is 0.920 bits per heavy atom. The second-order valence-corrected chi connectivity index (χ2v) is 5.58. The van der Waals surface area contributed by atoms with Crippen LogP contribution >= 0.6 is 11.6 Å². The summed E-state index contributed by atoms with van der Waals surface area (Å²) in [6.07, 6.45) is 0. The highest BCUT2D eigenvalue weighted by Crippen LogP contribution is 2.33. The molecule has 0 saturated heterocycles. The molecular weight excluding hydrogens is 340 g/mol. The number of nitrogens with zero attached hydrogens (tertiary/aromatic N) is 4. The summed E-state index contributed by atoms with van der Waals surface area (Å²) in [6, 6.07) is 19.0. The van der Waals surface area contributed by atoms with Gasteiger partial charge < -0.3 is 9.47 Å². The minimum atomic E-state index is 0.184. The molecule has 2 aromatic carbocycles. The molecule has 0 aliphatic heterocycles. The molecule has 0 bridgehead atoms. The Morgan fingerprint density at radius 2 is 1.72 bits per heavy atom. The van der Waals surface area contributed by atoms with Crippen molar-refractivity contribution >= 4 is 17.2 Å². The minimum Gasteiger partial charge on any atom is -0.497 e. The van der Waals surface area contributed by atoms with E-state index in [0.29, 0.717) is 17.3 Å². The lowest BCUT2D eigenvalue weighted by molar-refractivity contribution is 0.415. The molecule has 2 heterocycles. The smallest absolute Gasteiger partial charge is 0.246 e. The number of ether oxygens (including phenoxy) is 2. The van der Waals surface area contributed by atoms with Crippen LogP contribution in [0.5, 0.6) is 17.4 Å². The number of rotatable bonds is 4. The van der Waals surface area contributed by atoms with Crippen molar-refractivity contribution in [3.8, 4) is 28.5 Å². The zero-order valence-corrected chi connectivity index (χ0v) is 14.0. The third-order valence-electron chi connectivity index (χ3n) is 3.70. The second-order valence-electron chi connectivity index (χ2n) is 5.24. The van der Waals surface area contributed by atoms with Crippen LogP contribution in [0.25, 0.3) is 16.8 Å². The van der Waals surface area contributed by atoms with E-state index in [4.69, 9.17) is 21.1 Å². The van der Waals surface area contributed by atoms with Gasteiger partial charge in [-0.15, -0.1) is 15.3 Å². The fraction of sp³-hybridized carbons (Fsp3) is 0.0556. The fourth-order valence-corrected chi connectivity index (χ4v) is 2.64. The van der Waals surface area contributed by atoms with Gasteiger partial charge in [-0.2, -0.15) is 4.52 Å². The van der Waals surface area contributed by atoms with Gasteiger partial charge in [0.25, 0.3) is 0 Å². The molecule has 0 amide bonds. The number of aromatic nitrogens is 4. The van der Waals surface area contributed by atoms with E-state index in [-0.39, 0.29) is 5.28 Å². The SMILES string of the molecule is COc1ccc(-c2ccccc2Oc2ccc3nnc(Cl)n3n2)cc1. The fourth-order valence-electron chi connectivity index (χ4n) is 2.48. The van der Waals surface area contributed by atoms with E-state index in [0.717, 1.165) is 16.9 Å². The molecule has 124 valence electrons. The Balaban J connectivity index is 1.71. The number of fused-ring (bicyclic) bond motifs is 1. The van der Waals surface area contributed by atoms with Crippen LogP contribution in [0.2, 0.25) is 5.28 Å². The van der Waals surface area contributed by atoms with E-state index in [1.165, 1.54) is 4.52 Å². The van der Waals surface area contributed by atoms with Crippen LogP contribution in [0, 0.1) is 0 Å². The van der Waals surface area contributed by atoms with E-state index in [9.17, 15) is 0 Å². The lowest BCUT2D eigenvalue weighted by atomic mass is 10.0. The molecule has 2 aromatic heterocycles. The molecule has 25 heavy (non-hydrogen) atoms. The molecule has 4 aromatic rings. The number of hydrogen-bond acceptors (Lipinski definition) is 5. The average molecular weight is 353 g/mol. The van der Waals surface area contributed by atoms with Crippen LogP contribution in [0.3, 0.4) is 0 Å². The van der Waals surface area contributed by atoms with E-state index in [1.54, 1.807) is 19.2 Å². The topological polar surface area (TPSA) is 61.5 Å². The first-order valence-electron chi connectivity index (χ1n) is 7.54. The number of benzene rings is 2. The van der Waals surface area contributed by atoms with Crippen LogP contribution < -0.4 is 9.47 Å². The Hall–Kier alpha value is -3.12. The molecule has 7 heteroatoms. The van der Waals surface area contributed by atoms with Crippen molar-refractivity contribution in [1.82, 2.24) is 19.8 Å². The van der Waals surface area contributed by atoms with E-state index >= 15 is 0 Å². The molecule has 0 spiro atoms. The summed E-state index contributed by atoms with van der Waals surface area (Å²) in [5.74, 6) is 1.88. The molecule has 6 nitrogen and oxygen atoms in total. The number of halogens is 1. The molecule has 0 aliphatic rings. The summed E-state index contributed by atoms with van der Waals surface area (Å²) in [7, 11) is 1.64. The van der Waals surface area contributed by atoms with Crippen molar-refractivity contribution in [2.45, 2.75) is 0 Å². The molecule has 0 N–H and O–H groups in total. The first-order chi connectivity index (χ1) is 12.2. The molecule has 0 unspecified atom stereocenters. The standard InChI is InChI=1S/C18H13ClN4O2/c1-24-13-8-6-12(7-9-13)14-4-2-3-5-15(14)25-17-11-10-16-20-21-18(19)23(16)22-17/h2-11H,1H3. The normalized spacial score (nSPS) is 10.8. The van der Waals surface area contributed by atoms with Crippen molar-refractivity contribution in [1.29, 1.82) is 0 Å². The van der Waals surface area contributed by atoms with Gasteiger partial charge in [0.2, 0.25) is 11.2 Å². The monoisotopic (exact) mass is 352 g/mol. The van der Waals surface area contributed by atoms with Gasteiger partial charge in [0.15, 0.2) is 5.65 Å². The van der Waals surface area contributed by atoms with Crippen LogP contribution in [0.1, 0.15) is 0 Å². The molecule has 0 aliphatic carbocycles. The van der Waals surface area contributed by atoms with Gasteiger partial charge in [-0.3, -0.25) is 0 Å². The molecule has 4 rings (SSSR count). The highest BCUT2D eigenvalue weighted by Gasteiger charge is 2.10. The van der Waals surface area contributed by atoms with Crippen LogP contribution in [0.4, 0.5) is 0 Å². The summed E-state index contributed by atoms with van der Waals surface area (Å²) >= 11 is 5.96. The van der Waals surface area contributed by atoms with Gasteiger partial charge >= 0.3 is 0 Å². The van der Waals surface area contributed by atoms with Gasteiger partial charge in [0, 0.05) is 11.6 Å². The number of hydrogen-bond donors (Lipinski definition) is 0. The number of para-hydroxylation sites is 1. The Kier molecular flexibility index (Phi) is 3.95. The lowest BCUT2D eigenvalue weighted by Crippen LogP contribution is -1.96. The first-order valence-corrected chi connectivity index (χ1v) is 7.92. The summed E-state index contributed by atoms with van der Waals surface area (Å²) in [5, 5.41) is 12.2. The molecule has 0 saturated carbocycles. The minimum absolute atomic E-state index is 0.184. The summed E-state index contributed by atoms with van der Waals surface area (Å²) in [4.78, 5) is 0. The Morgan fingerprint density at radius 3 is 2.52 bits per heavy atom. The Bertz CT molecular complexity index is 1030. The highest BCUT2D eigenvalue weighted by molar-refractivity contribution is 6.28. The first kappa shape index (κ1) is 15.4. The maximum Gasteiger partial charge on any atom is 0.246 e. The highest BCUT2D eigenvalue weighted by atomic mass is 35.5. The summed E-state index contributed by atoms with van der Waals surface area (Å²) in [6.45, 7) is 0. The molecule has 0 radical (unpaired) electrons. The zero-order valence-electron chi connectivity index (χ0n) is 13.3. The van der Waals surface area contributed by atoms with Crippen LogP contribution in [-0.2, 0) is 0 Å². The van der Waals surface area contributed by atoms with Gasteiger partial charge in [-0.05, 0) is 41.4 Å². The van der Waals surface area contributed by atoms with Crippen molar-refractivity contribution in [3.63, 3.8) is 0 Å². The van der Waals surface area contributed by atoms with Gasteiger partial charge in [-0.1, -0.05) is 30.3 Å². The summed E-state index contributed by atoms with van der Waals surface area (Å²) in [5.41, 5.74) is 2.52. The van der Waals surface area contributed by atoms with Crippen LogP contribution in [0.15, 0.2) is 60.7 Å². The largest absolute Gasteiger partial charge is 0.497 e. The van der Waals surface area contributed by atoms with Gasteiger partial charge in [-0.25, -0.2) is 0 Å². The van der Waals surface area contributed by atoms with E-state index in [2.05, 4.69) is 15.3 Å². The molecule has 0 fully saturated rings. The van der Waals surface area contributed by atoms with Crippen molar-refractivity contribution < 1.29 is 9.47 Å². The van der Waals surface area contributed by atoms with Gasteiger partial charge in [0.05, 0.1) is 7.11 Å². The maximum absolute atomic E-state index is 5.98. The quantitative estimate of drug-likeness (QED) is 0.549. The molecule has 0 atom stereocenters. The third-order valence-corrected chi connectivity index (χ3v) is 3.94. The van der Waals surface area contributed by atoms with Crippen molar-refractivity contribution in [3.05, 3.63) is 65.9 Å². The van der Waals surface area contributed by atoms with E-state index < -0.39 is 0 Å². The summed E-state index contributed by atoms with van der Waals surface area (Å²) < 4.78 is 12.6. The van der Waals surface area contributed by atoms with Crippen molar-refractivity contribution in [2.75, 3.05) is 7.11 Å². The lowest BCUT2D eigenvalue weighted by Gasteiger charge is -2.11.